The molecule has 1 aliphatic rings. The third-order valence-electron chi connectivity index (χ3n) is 2.73. The van der Waals surface area contributed by atoms with Crippen molar-refractivity contribution in [1.82, 2.24) is 4.98 Å². The number of nitrogens with zero attached hydrogens (tertiary/aromatic N) is 1. The lowest BCUT2D eigenvalue weighted by molar-refractivity contribution is 0.677. The first kappa shape index (κ1) is 10.1. The standard InChI is InChI=1S/C11H18N2S/c12-8-4-3-7-11-13-9-5-1-2-6-10(9)14-11/h1-8,12H2. The molecule has 14 heavy (non-hydrogen) atoms. The predicted molar refractivity (Wildman–Crippen MR) is 60.7 cm³/mol. The van der Waals surface area contributed by atoms with Gasteiger partial charge in [-0.25, -0.2) is 4.98 Å². The molecule has 2 nitrogen and oxygen atoms in total. The van der Waals surface area contributed by atoms with Crippen molar-refractivity contribution in [2.75, 3.05) is 6.54 Å². The minimum atomic E-state index is 0.811. The number of unbranched alkanes of at least 4 members (excludes halogenated alkanes) is 1. The molecule has 1 aliphatic carbocycles. The molecule has 0 fully saturated rings. The summed E-state index contributed by atoms with van der Waals surface area (Å²) in [6, 6.07) is 0. The molecule has 0 aliphatic heterocycles. The van der Waals surface area contributed by atoms with Gasteiger partial charge in [0.1, 0.15) is 0 Å². The molecule has 0 bridgehead atoms. The Morgan fingerprint density at radius 1 is 1.21 bits per heavy atom. The van der Waals surface area contributed by atoms with Gasteiger partial charge in [0.05, 0.1) is 10.7 Å². The van der Waals surface area contributed by atoms with Gasteiger partial charge >= 0.3 is 0 Å². The summed E-state index contributed by atoms with van der Waals surface area (Å²) in [4.78, 5) is 6.25. The van der Waals surface area contributed by atoms with Gasteiger partial charge in [0, 0.05) is 4.88 Å². The molecule has 0 unspecified atom stereocenters. The zero-order valence-corrected chi connectivity index (χ0v) is 9.41. The van der Waals surface area contributed by atoms with Crippen LogP contribution in [0.5, 0.6) is 0 Å². The summed E-state index contributed by atoms with van der Waals surface area (Å²) in [7, 11) is 0. The van der Waals surface area contributed by atoms with E-state index in [0.717, 1.165) is 19.4 Å². The lowest BCUT2D eigenvalue weighted by Gasteiger charge is -2.06. The number of nitrogens with two attached hydrogens (primary N) is 1. The fourth-order valence-electron chi connectivity index (χ4n) is 1.93. The van der Waals surface area contributed by atoms with Crippen LogP contribution in [0.3, 0.4) is 0 Å². The molecule has 2 N–H and O–H groups in total. The minimum Gasteiger partial charge on any atom is -0.330 e. The van der Waals surface area contributed by atoms with E-state index in [1.165, 1.54) is 42.8 Å². The van der Waals surface area contributed by atoms with Crippen LogP contribution in [0.4, 0.5) is 0 Å². The fourth-order valence-corrected chi connectivity index (χ4v) is 3.13. The normalized spacial score (nSPS) is 15.5. The van der Waals surface area contributed by atoms with Crippen LogP contribution >= 0.6 is 11.3 Å². The van der Waals surface area contributed by atoms with Crippen molar-refractivity contribution in [3.05, 3.63) is 15.6 Å². The maximum Gasteiger partial charge on any atom is 0.0931 e. The molecule has 1 aromatic rings. The van der Waals surface area contributed by atoms with E-state index < -0.39 is 0 Å². The number of fused-ring (bicyclic) bond motifs is 1. The molecule has 0 spiro atoms. The lowest BCUT2D eigenvalue weighted by Crippen LogP contribution is -2.00. The van der Waals surface area contributed by atoms with Crippen molar-refractivity contribution in [3.8, 4) is 0 Å². The molecular formula is C11H18N2S. The smallest absolute Gasteiger partial charge is 0.0931 e. The second-order valence-electron chi connectivity index (χ2n) is 3.93. The highest BCUT2D eigenvalue weighted by Gasteiger charge is 2.14. The highest BCUT2D eigenvalue weighted by atomic mass is 32.1. The second kappa shape index (κ2) is 4.89. The van der Waals surface area contributed by atoms with Crippen LogP contribution in [-0.4, -0.2) is 11.5 Å². The van der Waals surface area contributed by atoms with E-state index in [4.69, 9.17) is 10.7 Å². The van der Waals surface area contributed by atoms with Crippen LogP contribution in [0, 0.1) is 0 Å². The maximum atomic E-state index is 5.47. The molecule has 0 radical (unpaired) electrons. The molecule has 78 valence electrons. The van der Waals surface area contributed by atoms with Gasteiger partial charge in [0.25, 0.3) is 0 Å². The van der Waals surface area contributed by atoms with Gasteiger partial charge in [-0.1, -0.05) is 0 Å². The van der Waals surface area contributed by atoms with E-state index in [1.807, 2.05) is 11.3 Å². The monoisotopic (exact) mass is 210 g/mol. The van der Waals surface area contributed by atoms with Crippen molar-refractivity contribution in [1.29, 1.82) is 0 Å². The summed E-state index contributed by atoms with van der Waals surface area (Å²) < 4.78 is 0. The van der Waals surface area contributed by atoms with Crippen LogP contribution in [0.2, 0.25) is 0 Å². The average Bonchev–Trinajstić information content (AvgIpc) is 2.60. The first-order valence-electron chi connectivity index (χ1n) is 5.57. The van der Waals surface area contributed by atoms with E-state index >= 15 is 0 Å². The van der Waals surface area contributed by atoms with Crippen molar-refractivity contribution in [3.63, 3.8) is 0 Å². The van der Waals surface area contributed by atoms with Crippen molar-refractivity contribution in [2.45, 2.75) is 44.9 Å². The van der Waals surface area contributed by atoms with Gasteiger partial charge in [-0.3, -0.25) is 0 Å². The lowest BCUT2D eigenvalue weighted by atomic mass is 10.0. The average molecular weight is 210 g/mol. The fraction of sp³-hybridized carbons (Fsp3) is 0.727. The summed E-state index contributed by atoms with van der Waals surface area (Å²) in [6.45, 7) is 0.811. The number of hydrogen-bond donors (Lipinski definition) is 1. The Kier molecular flexibility index (Phi) is 3.54. The predicted octanol–water partition coefficient (Wildman–Crippen LogP) is 2.30. The molecule has 3 heteroatoms. The van der Waals surface area contributed by atoms with Gasteiger partial charge in [0.2, 0.25) is 0 Å². The number of aryl methyl sites for hydroxylation is 3. The van der Waals surface area contributed by atoms with Gasteiger partial charge in [-0.2, -0.15) is 0 Å². The van der Waals surface area contributed by atoms with E-state index in [1.54, 1.807) is 4.88 Å². The van der Waals surface area contributed by atoms with Crippen molar-refractivity contribution < 1.29 is 0 Å². The van der Waals surface area contributed by atoms with Crippen LogP contribution in [0.15, 0.2) is 0 Å². The first-order chi connectivity index (χ1) is 6.90. The summed E-state index contributed by atoms with van der Waals surface area (Å²) in [5.41, 5.74) is 6.87. The van der Waals surface area contributed by atoms with Crippen molar-refractivity contribution in [2.24, 2.45) is 5.73 Å². The summed E-state index contributed by atoms with van der Waals surface area (Å²) in [6.07, 6.45) is 8.63. The Labute approximate surface area is 89.5 Å². The molecule has 2 rings (SSSR count). The second-order valence-corrected chi connectivity index (χ2v) is 5.10. The highest BCUT2D eigenvalue weighted by Crippen LogP contribution is 2.27. The van der Waals surface area contributed by atoms with E-state index in [9.17, 15) is 0 Å². The van der Waals surface area contributed by atoms with Gasteiger partial charge in [-0.15, -0.1) is 11.3 Å². The molecule has 0 atom stereocenters. The topological polar surface area (TPSA) is 38.9 Å². The van der Waals surface area contributed by atoms with Crippen LogP contribution in [0.1, 0.15) is 41.3 Å². The maximum absolute atomic E-state index is 5.47. The zero-order valence-electron chi connectivity index (χ0n) is 8.59. The third kappa shape index (κ3) is 2.34. The number of thiazole rings is 1. The van der Waals surface area contributed by atoms with E-state index in [-0.39, 0.29) is 0 Å². The Balaban J connectivity index is 1.94. The summed E-state index contributed by atoms with van der Waals surface area (Å²) in [5, 5.41) is 1.34. The third-order valence-corrected chi connectivity index (χ3v) is 3.95. The van der Waals surface area contributed by atoms with Crippen LogP contribution < -0.4 is 5.73 Å². The number of rotatable bonds is 4. The Morgan fingerprint density at radius 2 is 2.07 bits per heavy atom. The summed E-state index contributed by atoms with van der Waals surface area (Å²) >= 11 is 1.93. The first-order valence-corrected chi connectivity index (χ1v) is 6.39. The molecule has 0 saturated carbocycles. The largest absolute Gasteiger partial charge is 0.330 e. The Hall–Kier alpha value is -0.410. The molecule has 1 aromatic heterocycles. The Bertz CT molecular complexity index is 270. The van der Waals surface area contributed by atoms with Gasteiger partial charge in [-0.05, 0) is 51.5 Å². The quantitative estimate of drug-likeness (QED) is 0.774. The van der Waals surface area contributed by atoms with E-state index in [0.29, 0.717) is 0 Å². The van der Waals surface area contributed by atoms with Crippen LogP contribution in [-0.2, 0) is 19.3 Å². The number of hydrogen-bond acceptors (Lipinski definition) is 3. The molecular weight excluding hydrogens is 192 g/mol. The zero-order chi connectivity index (χ0) is 9.80. The SMILES string of the molecule is NCCCCc1nc2c(s1)CCCC2. The molecule has 1 heterocycles. The highest BCUT2D eigenvalue weighted by molar-refractivity contribution is 7.11. The van der Waals surface area contributed by atoms with Gasteiger partial charge in [0.15, 0.2) is 0 Å². The molecule has 0 aromatic carbocycles. The molecule has 0 amide bonds. The Morgan fingerprint density at radius 3 is 2.86 bits per heavy atom. The van der Waals surface area contributed by atoms with Crippen LogP contribution in [0.25, 0.3) is 0 Å². The van der Waals surface area contributed by atoms with E-state index in [2.05, 4.69) is 0 Å². The number of aromatic nitrogens is 1. The minimum absolute atomic E-state index is 0.811. The molecule has 0 saturated heterocycles. The summed E-state index contributed by atoms with van der Waals surface area (Å²) in [5.74, 6) is 0. The van der Waals surface area contributed by atoms with Gasteiger partial charge < -0.3 is 5.73 Å². The van der Waals surface area contributed by atoms with Crippen molar-refractivity contribution >= 4 is 11.3 Å².